The van der Waals surface area contributed by atoms with Crippen LogP contribution in [0.25, 0.3) is 0 Å². The molecule has 1 aromatic rings. The van der Waals surface area contributed by atoms with Gasteiger partial charge in [-0.15, -0.1) is 0 Å². The second kappa shape index (κ2) is 6.10. The summed E-state index contributed by atoms with van der Waals surface area (Å²) in [6.45, 7) is 0.570. The monoisotopic (exact) mass is 308 g/mol. The largest absolute Gasteiger partial charge is 0.462 e. The minimum Gasteiger partial charge on any atom is -0.462 e. The van der Waals surface area contributed by atoms with Crippen LogP contribution in [-0.2, 0) is 19.1 Å². The molecule has 22 heavy (non-hydrogen) atoms. The number of amides is 1. The average Bonchev–Trinajstić information content (AvgIpc) is 2.96. The molecule has 0 saturated heterocycles. The first kappa shape index (κ1) is 14.5. The lowest BCUT2D eigenvalue weighted by molar-refractivity contribution is -0.144. The highest BCUT2D eigenvalue weighted by Gasteiger charge is 2.29. The van der Waals surface area contributed by atoms with Gasteiger partial charge in [-0.3, -0.25) is 14.5 Å². The van der Waals surface area contributed by atoms with E-state index in [0.717, 1.165) is 0 Å². The summed E-state index contributed by atoms with van der Waals surface area (Å²) >= 11 is 0. The van der Waals surface area contributed by atoms with Crippen molar-refractivity contribution in [2.45, 2.75) is 0 Å². The summed E-state index contributed by atoms with van der Waals surface area (Å²) in [6.07, 6.45) is 0. The van der Waals surface area contributed by atoms with Gasteiger partial charge >= 0.3 is 5.97 Å². The van der Waals surface area contributed by atoms with E-state index in [2.05, 4.69) is 5.32 Å². The molecule has 1 N–H and O–H groups in total. The maximum absolute atomic E-state index is 12.1. The topological polar surface area (TPSA) is 86.3 Å². The number of benzene rings is 1. The fourth-order valence-corrected chi connectivity index (χ4v) is 2.28. The van der Waals surface area contributed by atoms with E-state index in [1.54, 1.807) is 12.1 Å². The molecular weight excluding hydrogens is 292 g/mol. The fourth-order valence-electron chi connectivity index (χ4n) is 2.28. The number of hydrogen-bond donors (Lipinski definition) is 1. The molecule has 1 amide bonds. The van der Waals surface area contributed by atoms with E-state index in [9.17, 15) is 9.59 Å². The van der Waals surface area contributed by atoms with Crippen LogP contribution in [0.4, 0.5) is 11.4 Å². The maximum Gasteiger partial charge on any atom is 0.326 e. The zero-order valence-electron chi connectivity index (χ0n) is 12.1. The summed E-state index contributed by atoms with van der Waals surface area (Å²) in [5.74, 6) is 0.460. The smallest absolute Gasteiger partial charge is 0.326 e. The van der Waals surface area contributed by atoms with E-state index in [-0.39, 0.29) is 32.4 Å². The van der Waals surface area contributed by atoms with Crippen LogP contribution in [0.5, 0.6) is 11.5 Å². The minimum absolute atomic E-state index is 0.109. The average molecular weight is 308 g/mol. The van der Waals surface area contributed by atoms with Gasteiger partial charge < -0.3 is 24.3 Å². The first-order valence-electron chi connectivity index (χ1n) is 6.81. The summed E-state index contributed by atoms with van der Waals surface area (Å²) in [6, 6.07) is 3.44. The molecule has 0 spiro atoms. The van der Waals surface area contributed by atoms with E-state index in [0.29, 0.717) is 29.5 Å². The van der Waals surface area contributed by atoms with Crippen LogP contribution < -0.4 is 19.7 Å². The number of esters is 1. The number of hydrogen-bond acceptors (Lipinski definition) is 7. The maximum atomic E-state index is 12.1. The molecule has 3 rings (SSSR count). The number of anilines is 2. The Hall–Kier alpha value is -2.48. The van der Waals surface area contributed by atoms with Gasteiger partial charge in [-0.2, -0.15) is 0 Å². The van der Waals surface area contributed by atoms with Crippen molar-refractivity contribution in [3.8, 4) is 11.5 Å². The molecule has 2 aliphatic heterocycles. The quantitative estimate of drug-likeness (QED) is 0.621. The number of nitrogens with one attached hydrogen (secondary N) is 1. The highest BCUT2D eigenvalue weighted by Crippen LogP contribution is 2.42. The van der Waals surface area contributed by atoms with Gasteiger partial charge in [0, 0.05) is 19.2 Å². The molecule has 2 heterocycles. The number of ether oxygens (including phenoxy) is 4. The van der Waals surface area contributed by atoms with Gasteiger partial charge in [-0.05, 0) is 0 Å². The summed E-state index contributed by atoms with van der Waals surface area (Å²) < 4.78 is 20.4. The van der Waals surface area contributed by atoms with E-state index in [1.807, 2.05) is 0 Å². The van der Waals surface area contributed by atoms with Crippen molar-refractivity contribution < 1.29 is 28.5 Å². The zero-order chi connectivity index (χ0) is 15.5. The van der Waals surface area contributed by atoms with Crippen LogP contribution in [0.2, 0.25) is 0 Å². The van der Waals surface area contributed by atoms with E-state index in [4.69, 9.17) is 18.9 Å². The molecule has 8 nitrogen and oxygen atoms in total. The Labute approximate surface area is 126 Å². The Morgan fingerprint density at radius 3 is 2.86 bits per heavy atom. The standard InChI is InChI=1S/C14H16N2O6/c1-19-2-3-20-14(18)7-16-10-5-12-11(21-8-22-12)4-9(10)15-6-13(16)17/h4-5,15H,2-3,6-8H2,1H3. The van der Waals surface area contributed by atoms with Gasteiger partial charge in [0.15, 0.2) is 11.5 Å². The number of methoxy groups -OCH3 is 1. The van der Waals surface area contributed by atoms with E-state index < -0.39 is 5.97 Å². The molecule has 0 atom stereocenters. The lowest BCUT2D eigenvalue weighted by atomic mass is 10.1. The van der Waals surface area contributed by atoms with Crippen LogP contribution in [0.1, 0.15) is 0 Å². The van der Waals surface area contributed by atoms with Crippen molar-refractivity contribution >= 4 is 23.3 Å². The van der Waals surface area contributed by atoms with Crippen molar-refractivity contribution in [2.24, 2.45) is 0 Å². The van der Waals surface area contributed by atoms with Gasteiger partial charge in [0.2, 0.25) is 12.7 Å². The van der Waals surface area contributed by atoms with Gasteiger partial charge in [-0.25, -0.2) is 0 Å². The van der Waals surface area contributed by atoms with Gasteiger partial charge in [0.05, 0.1) is 24.5 Å². The molecule has 0 radical (unpaired) electrons. The van der Waals surface area contributed by atoms with Crippen LogP contribution in [-0.4, -0.2) is 52.1 Å². The summed E-state index contributed by atoms with van der Waals surface area (Å²) in [5, 5.41) is 3.00. The normalized spacial score (nSPS) is 15.3. The second-order valence-electron chi connectivity index (χ2n) is 4.77. The molecule has 0 aliphatic carbocycles. The van der Waals surface area contributed by atoms with Crippen molar-refractivity contribution in [3.05, 3.63) is 12.1 Å². The highest BCUT2D eigenvalue weighted by molar-refractivity contribution is 6.06. The number of fused-ring (bicyclic) bond motifs is 2. The van der Waals surface area contributed by atoms with Gasteiger partial charge in [-0.1, -0.05) is 0 Å². The Bertz CT molecular complexity index is 603. The SMILES string of the molecule is COCCOC(=O)CN1C(=O)CNc2cc3c(cc21)OCO3. The fraction of sp³-hybridized carbons (Fsp3) is 0.429. The Kier molecular flexibility index (Phi) is 4.01. The van der Waals surface area contributed by atoms with E-state index >= 15 is 0 Å². The van der Waals surface area contributed by atoms with Crippen LogP contribution in [0.15, 0.2) is 12.1 Å². The first-order chi connectivity index (χ1) is 10.7. The minimum atomic E-state index is -0.490. The van der Waals surface area contributed by atoms with Crippen molar-refractivity contribution in [1.29, 1.82) is 0 Å². The summed E-state index contributed by atoms with van der Waals surface area (Å²) in [5.41, 5.74) is 1.29. The predicted octanol–water partition coefficient (Wildman–Crippen LogP) is 0.363. The van der Waals surface area contributed by atoms with Crippen LogP contribution in [0.3, 0.4) is 0 Å². The van der Waals surface area contributed by atoms with Crippen LogP contribution >= 0.6 is 0 Å². The predicted molar refractivity (Wildman–Crippen MR) is 76.2 cm³/mol. The second-order valence-corrected chi connectivity index (χ2v) is 4.77. The third-order valence-electron chi connectivity index (χ3n) is 3.35. The molecule has 0 fully saturated rings. The zero-order valence-corrected chi connectivity index (χ0v) is 12.1. The van der Waals surface area contributed by atoms with Crippen molar-refractivity contribution in [2.75, 3.05) is 50.4 Å². The molecule has 0 unspecified atom stereocenters. The molecule has 2 aliphatic rings. The molecule has 0 aromatic heterocycles. The third-order valence-corrected chi connectivity index (χ3v) is 3.35. The number of carbonyl (C=O) groups excluding carboxylic acids is 2. The molecule has 118 valence electrons. The summed E-state index contributed by atoms with van der Waals surface area (Å²) in [4.78, 5) is 25.3. The Morgan fingerprint density at radius 1 is 1.32 bits per heavy atom. The number of carbonyl (C=O) groups is 2. The molecule has 1 aromatic carbocycles. The lowest BCUT2D eigenvalue weighted by Gasteiger charge is -2.29. The highest BCUT2D eigenvalue weighted by atomic mass is 16.7. The Balaban J connectivity index is 1.77. The molecule has 0 bridgehead atoms. The first-order valence-corrected chi connectivity index (χ1v) is 6.81. The van der Waals surface area contributed by atoms with Crippen molar-refractivity contribution in [1.82, 2.24) is 0 Å². The van der Waals surface area contributed by atoms with Crippen molar-refractivity contribution in [3.63, 3.8) is 0 Å². The molecule has 0 saturated carbocycles. The van der Waals surface area contributed by atoms with Crippen LogP contribution in [0, 0.1) is 0 Å². The number of rotatable bonds is 5. The molecule has 8 heteroatoms. The van der Waals surface area contributed by atoms with E-state index in [1.165, 1.54) is 12.0 Å². The summed E-state index contributed by atoms with van der Waals surface area (Å²) in [7, 11) is 1.52. The molecular formula is C14H16N2O6. The van der Waals surface area contributed by atoms with Gasteiger partial charge in [0.1, 0.15) is 13.2 Å². The Morgan fingerprint density at radius 2 is 2.09 bits per heavy atom. The van der Waals surface area contributed by atoms with Gasteiger partial charge in [0.25, 0.3) is 0 Å². The lowest BCUT2D eigenvalue weighted by Crippen LogP contribution is -2.43. The number of nitrogens with zero attached hydrogens (tertiary/aromatic N) is 1. The third kappa shape index (κ3) is 2.77.